The second kappa shape index (κ2) is 4.27. The number of nitrogens with zero attached hydrogens (tertiary/aromatic N) is 1. The van der Waals surface area contributed by atoms with Crippen LogP contribution >= 0.6 is 0 Å². The standard InChI is InChI=1S/C14H17NO/c1-3-16-14(10-15)9-8-11(2)12-6-4-5-7-13(12)14/h4-7,11H,3,8-9H2,1-2H3. The van der Waals surface area contributed by atoms with Crippen LogP contribution < -0.4 is 0 Å². The highest BCUT2D eigenvalue weighted by Crippen LogP contribution is 2.43. The molecule has 1 aromatic carbocycles. The highest BCUT2D eigenvalue weighted by atomic mass is 16.5. The first kappa shape index (κ1) is 11.2. The summed E-state index contributed by atoms with van der Waals surface area (Å²) in [7, 11) is 0. The fourth-order valence-electron chi connectivity index (χ4n) is 2.55. The predicted molar refractivity (Wildman–Crippen MR) is 63.0 cm³/mol. The van der Waals surface area contributed by atoms with E-state index in [1.54, 1.807) is 0 Å². The van der Waals surface area contributed by atoms with Crippen molar-refractivity contribution in [3.63, 3.8) is 0 Å². The summed E-state index contributed by atoms with van der Waals surface area (Å²) in [5.41, 5.74) is 1.62. The molecule has 0 amide bonds. The average molecular weight is 215 g/mol. The predicted octanol–water partition coefficient (Wildman–Crippen LogP) is 3.34. The van der Waals surface area contributed by atoms with Crippen LogP contribution in [0.1, 0.15) is 43.7 Å². The molecule has 1 aliphatic carbocycles. The Balaban J connectivity index is 2.52. The number of fused-ring (bicyclic) bond motifs is 1. The molecule has 1 aliphatic rings. The van der Waals surface area contributed by atoms with Crippen LogP contribution in [0.4, 0.5) is 0 Å². The summed E-state index contributed by atoms with van der Waals surface area (Å²) in [5.74, 6) is 0.526. The van der Waals surface area contributed by atoms with Crippen LogP contribution in [0.3, 0.4) is 0 Å². The van der Waals surface area contributed by atoms with Crippen molar-refractivity contribution in [2.24, 2.45) is 0 Å². The smallest absolute Gasteiger partial charge is 0.179 e. The maximum atomic E-state index is 9.43. The fourth-order valence-corrected chi connectivity index (χ4v) is 2.55. The molecule has 2 rings (SSSR count). The first-order valence-corrected chi connectivity index (χ1v) is 5.88. The minimum absolute atomic E-state index is 0.526. The third-order valence-electron chi connectivity index (χ3n) is 3.43. The van der Waals surface area contributed by atoms with Crippen LogP contribution in [0.15, 0.2) is 24.3 Å². The van der Waals surface area contributed by atoms with Gasteiger partial charge >= 0.3 is 0 Å². The molecule has 0 heterocycles. The van der Waals surface area contributed by atoms with E-state index in [1.165, 1.54) is 5.56 Å². The van der Waals surface area contributed by atoms with Crippen molar-refractivity contribution in [1.29, 1.82) is 5.26 Å². The van der Waals surface area contributed by atoms with E-state index in [-0.39, 0.29) is 0 Å². The Labute approximate surface area is 96.9 Å². The van der Waals surface area contributed by atoms with Crippen LogP contribution in [-0.2, 0) is 10.3 Å². The average Bonchev–Trinajstić information content (AvgIpc) is 2.34. The molecule has 0 spiro atoms. The third kappa shape index (κ3) is 1.62. The first-order chi connectivity index (χ1) is 7.73. The largest absolute Gasteiger partial charge is 0.356 e. The molecule has 0 saturated carbocycles. The molecule has 2 unspecified atom stereocenters. The summed E-state index contributed by atoms with van der Waals surface area (Å²) in [6.07, 6.45) is 1.82. The number of hydrogen-bond donors (Lipinski definition) is 0. The number of rotatable bonds is 2. The Morgan fingerprint density at radius 2 is 2.25 bits per heavy atom. The maximum absolute atomic E-state index is 9.43. The summed E-state index contributed by atoms with van der Waals surface area (Å²) >= 11 is 0. The van der Waals surface area contributed by atoms with E-state index >= 15 is 0 Å². The van der Waals surface area contributed by atoms with Crippen LogP contribution in [0.25, 0.3) is 0 Å². The summed E-state index contributed by atoms with van der Waals surface area (Å²) < 4.78 is 5.73. The lowest BCUT2D eigenvalue weighted by Gasteiger charge is -2.35. The molecule has 0 N–H and O–H groups in total. The highest BCUT2D eigenvalue weighted by molar-refractivity contribution is 5.41. The van der Waals surface area contributed by atoms with Crippen molar-refractivity contribution >= 4 is 0 Å². The first-order valence-electron chi connectivity index (χ1n) is 5.88. The Hall–Kier alpha value is -1.33. The van der Waals surface area contributed by atoms with Crippen LogP contribution in [-0.4, -0.2) is 6.61 Å². The monoisotopic (exact) mass is 215 g/mol. The molecule has 0 aliphatic heterocycles. The van der Waals surface area contributed by atoms with E-state index in [0.717, 1.165) is 18.4 Å². The summed E-state index contributed by atoms with van der Waals surface area (Å²) in [5, 5.41) is 9.43. The lowest BCUT2D eigenvalue weighted by Crippen LogP contribution is -2.33. The Morgan fingerprint density at radius 3 is 2.94 bits per heavy atom. The van der Waals surface area contributed by atoms with Gasteiger partial charge in [-0.3, -0.25) is 0 Å². The number of ether oxygens (including phenoxy) is 1. The summed E-state index contributed by atoms with van der Waals surface area (Å²) in [6.45, 7) is 4.74. The molecule has 16 heavy (non-hydrogen) atoms. The van der Waals surface area contributed by atoms with Gasteiger partial charge in [-0.1, -0.05) is 31.2 Å². The molecule has 0 radical (unpaired) electrons. The molecule has 0 aromatic heterocycles. The lowest BCUT2D eigenvalue weighted by molar-refractivity contribution is -0.0132. The van der Waals surface area contributed by atoms with Gasteiger partial charge in [0.05, 0.1) is 0 Å². The van der Waals surface area contributed by atoms with Crippen molar-refractivity contribution in [2.45, 2.75) is 38.2 Å². The third-order valence-corrected chi connectivity index (χ3v) is 3.43. The summed E-state index contributed by atoms with van der Waals surface area (Å²) in [6, 6.07) is 10.5. The van der Waals surface area contributed by atoms with Gasteiger partial charge in [0.15, 0.2) is 5.60 Å². The zero-order valence-electron chi connectivity index (χ0n) is 9.86. The quantitative estimate of drug-likeness (QED) is 0.758. The van der Waals surface area contributed by atoms with Crippen LogP contribution in [0.5, 0.6) is 0 Å². The molecule has 2 nitrogen and oxygen atoms in total. The molecule has 84 valence electrons. The van der Waals surface area contributed by atoms with Gasteiger partial charge in [0.1, 0.15) is 6.07 Å². The van der Waals surface area contributed by atoms with Gasteiger partial charge in [-0.05, 0) is 31.2 Å². The normalized spacial score (nSPS) is 28.2. The molecule has 2 heteroatoms. The van der Waals surface area contributed by atoms with Crippen molar-refractivity contribution in [3.05, 3.63) is 35.4 Å². The van der Waals surface area contributed by atoms with E-state index in [1.807, 2.05) is 25.1 Å². The van der Waals surface area contributed by atoms with Crippen molar-refractivity contribution < 1.29 is 4.74 Å². The van der Waals surface area contributed by atoms with Gasteiger partial charge in [-0.15, -0.1) is 0 Å². The molecule has 0 fully saturated rings. The lowest BCUT2D eigenvalue weighted by atomic mass is 9.75. The Bertz CT molecular complexity index is 421. The summed E-state index contributed by atoms with van der Waals surface area (Å²) in [4.78, 5) is 0. The van der Waals surface area contributed by atoms with Gasteiger partial charge in [-0.2, -0.15) is 5.26 Å². The minimum Gasteiger partial charge on any atom is -0.356 e. The highest BCUT2D eigenvalue weighted by Gasteiger charge is 2.39. The van der Waals surface area contributed by atoms with Gasteiger partial charge in [0, 0.05) is 12.2 Å². The van der Waals surface area contributed by atoms with E-state index < -0.39 is 5.60 Å². The molecular weight excluding hydrogens is 198 g/mol. The second-order valence-electron chi connectivity index (χ2n) is 4.40. The van der Waals surface area contributed by atoms with E-state index in [2.05, 4.69) is 19.1 Å². The number of hydrogen-bond acceptors (Lipinski definition) is 2. The van der Waals surface area contributed by atoms with E-state index in [9.17, 15) is 5.26 Å². The van der Waals surface area contributed by atoms with Crippen molar-refractivity contribution in [2.75, 3.05) is 6.61 Å². The number of nitriles is 1. The molecule has 2 atom stereocenters. The minimum atomic E-state index is -0.710. The Kier molecular flexibility index (Phi) is 2.98. The molecular formula is C14H17NO. The van der Waals surface area contributed by atoms with Crippen LogP contribution in [0, 0.1) is 11.3 Å². The second-order valence-corrected chi connectivity index (χ2v) is 4.40. The maximum Gasteiger partial charge on any atom is 0.179 e. The van der Waals surface area contributed by atoms with E-state index in [4.69, 9.17) is 4.74 Å². The SMILES string of the molecule is CCOC1(C#N)CCC(C)c2ccccc21. The van der Waals surface area contributed by atoms with Gasteiger partial charge in [0.2, 0.25) is 0 Å². The van der Waals surface area contributed by atoms with Gasteiger partial charge < -0.3 is 4.74 Å². The molecule has 0 bridgehead atoms. The van der Waals surface area contributed by atoms with Crippen molar-refractivity contribution in [3.8, 4) is 6.07 Å². The van der Waals surface area contributed by atoms with Gasteiger partial charge in [0.25, 0.3) is 0 Å². The van der Waals surface area contributed by atoms with E-state index in [0.29, 0.717) is 12.5 Å². The molecule has 0 saturated heterocycles. The fraction of sp³-hybridized carbons (Fsp3) is 0.500. The Morgan fingerprint density at radius 1 is 1.50 bits per heavy atom. The zero-order chi connectivity index (χ0) is 11.6. The van der Waals surface area contributed by atoms with Crippen molar-refractivity contribution in [1.82, 2.24) is 0 Å². The number of benzene rings is 1. The zero-order valence-corrected chi connectivity index (χ0v) is 9.86. The van der Waals surface area contributed by atoms with Gasteiger partial charge in [-0.25, -0.2) is 0 Å². The molecule has 1 aromatic rings. The van der Waals surface area contributed by atoms with Crippen LogP contribution in [0.2, 0.25) is 0 Å². The topological polar surface area (TPSA) is 33.0 Å².